The molecule has 0 saturated carbocycles. The Hall–Kier alpha value is -2.84. The monoisotopic (exact) mass is 339 g/mol. The van der Waals surface area contributed by atoms with Crippen molar-refractivity contribution in [1.82, 2.24) is 15.6 Å². The maximum Gasteiger partial charge on any atom is 0.387 e. The number of rotatable bonds is 4. The average molecular weight is 339 g/mol. The summed E-state index contributed by atoms with van der Waals surface area (Å²) in [5.74, 6) is -2.40. The molecule has 1 aromatic heterocycles. The number of carbonyl (C=O) groups is 2. The molecule has 1 saturated heterocycles. The highest BCUT2D eigenvalue weighted by Gasteiger charge is 2.26. The molecule has 0 aliphatic carbocycles. The minimum Gasteiger partial charge on any atom is -0.432 e. The highest BCUT2D eigenvalue weighted by atomic mass is 19.3. The van der Waals surface area contributed by atoms with Crippen LogP contribution in [-0.2, 0) is 4.79 Å². The summed E-state index contributed by atoms with van der Waals surface area (Å²) in [4.78, 5) is 27.5. The number of alkyl halides is 2. The molecule has 1 aliphatic rings. The summed E-state index contributed by atoms with van der Waals surface area (Å²) in [5.41, 5.74) is 0.325. The number of hydrogen-bond donors (Lipinski definition) is 2. The first-order valence-corrected chi connectivity index (χ1v) is 7.07. The number of halogens is 3. The van der Waals surface area contributed by atoms with E-state index in [1.54, 1.807) is 0 Å². The Balaban J connectivity index is 1.85. The third-order valence-electron chi connectivity index (χ3n) is 3.57. The molecule has 3 rings (SSSR count). The van der Waals surface area contributed by atoms with Crippen LogP contribution < -0.4 is 15.4 Å². The van der Waals surface area contributed by atoms with Gasteiger partial charge in [-0.1, -0.05) is 0 Å². The molecule has 1 aliphatic heterocycles. The van der Waals surface area contributed by atoms with Crippen LogP contribution in [0.4, 0.5) is 13.2 Å². The lowest BCUT2D eigenvalue weighted by Gasteiger charge is -2.11. The summed E-state index contributed by atoms with van der Waals surface area (Å²) in [7, 11) is 0. The van der Waals surface area contributed by atoms with E-state index >= 15 is 0 Å². The molecule has 24 heavy (non-hydrogen) atoms. The van der Waals surface area contributed by atoms with Crippen molar-refractivity contribution in [2.45, 2.75) is 19.1 Å². The topological polar surface area (TPSA) is 80.3 Å². The Morgan fingerprint density at radius 1 is 1.38 bits per heavy atom. The Kier molecular flexibility index (Phi) is 4.24. The second-order valence-corrected chi connectivity index (χ2v) is 5.18. The summed E-state index contributed by atoms with van der Waals surface area (Å²) in [6, 6.07) is 2.73. The SMILES string of the molecule is O=C(N[C@H]1CCNC1=O)c1cnc2cc(OC(F)F)c(F)cc2c1. The first-order valence-electron chi connectivity index (χ1n) is 7.07. The molecular weight excluding hydrogens is 327 g/mol. The number of fused-ring (bicyclic) bond motifs is 1. The molecule has 126 valence electrons. The lowest BCUT2D eigenvalue weighted by atomic mass is 10.1. The van der Waals surface area contributed by atoms with Crippen LogP contribution in [0, 0.1) is 5.82 Å². The van der Waals surface area contributed by atoms with Gasteiger partial charge in [-0.25, -0.2) is 4.39 Å². The normalized spacial score (nSPS) is 17.2. The van der Waals surface area contributed by atoms with Gasteiger partial charge in [0.25, 0.3) is 5.91 Å². The second-order valence-electron chi connectivity index (χ2n) is 5.18. The van der Waals surface area contributed by atoms with Crippen LogP contribution in [0.1, 0.15) is 16.8 Å². The molecule has 0 radical (unpaired) electrons. The number of hydrogen-bond acceptors (Lipinski definition) is 4. The Labute approximate surface area is 134 Å². The molecule has 9 heteroatoms. The number of pyridine rings is 1. The fraction of sp³-hybridized carbons (Fsp3) is 0.267. The zero-order valence-electron chi connectivity index (χ0n) is 12.2. The smallest absolute Gasteiger partial charge is 0.387 e. The van der Waals surface area contributed by atoms with Crippen molar-refractivity contribution < 1.29 is 27.5 Å². The van der Waals surface area contributed by atoms with Gasteiger partial charge in [0.2, 0.25) is 5.91 Å². The van der Waals surface area contributed by atoms with E-state index in [1.807, 2.05) is 0 Å². The van der Waals surface area contributed by atoms with E-state index in [4.69, 9.17) is 0 Å². The van der Waals surface area contributed by atoms with E-state index in [-0.39, 0.29) is 22.4 Å². The van der Waals surface area contributed by atoms with E-state index < -0.39 is 30.1 Å². The van der Waals surface area contributed by atoms with Crippen LogP contribution >= 0.6 is 0 Å². The Morgan fingerprint density at radius 3 is 2.83 bits per heavy atom. The fourth-order valence-electron chi connectivity index (χ4n) is 2.41. The van der Waals surface area contributed by atoms with Crippen molar-refractivity contribution in [3.8, 4) is 5.75 Å². The number of carbonyl (C=O) groups excluding carboxylic acids is 2. The highest BCUT2D eigenvalue weighted by molar-refractivity contribution is 6.00. The molecule has 6 nitrogen and oxygen atoms in total. The number of aromatic nitrogens is 1. The van der Waals surface area contributed by atoms with E-state index in [1.165, 1.54) is 12.3 Å². The first kappa shape index (κ1) is 16.0. The van der Waals surface area contributed by atoms with E-state index in [0.29, 0.717) is 13.0 Å². The van der Waals surface area contributed by atoms with Gasteiger partial charge >= 0.3 is 6.61 Å². The molecule has 2 amide bonds. The molecule has 1 fully saturated rings. The minimum atomic E-state index is -3.15. The molecule has 2 aromatic rings. The molecule has 1 aromatic carbocycles. The first-order chi connectivity index (χ1) is 11.4. The summed E-state index contributed by atoms with van der Waals surface area (Å²) in [6.45, 7) is -2.67. The van der Waals surface area contributed by atoms with E-state index in [0.717, 1.165) is 12.1 Å². The zero-order chi connectivity index (χ0) is 17.3. The van der Waals surface area contributed by atoms with Crippen molar-refractivity contribution in [3.05, 3.63) is 35.8 Å². The van der Waals surface area contributed by atoms with E-state index in [9.17, 15) is 22.8 Å². The standard InChI is InChI=1S/C15H12F3N3O3/c16-9-4-7-3-8(13(22)21-10-1-2-19-14(10)23)6-20-11(7)5-12(9)24-15(17)18/h3-6,10,15H,1-2H2,(H,19,23)(H,21,22)/t10-/m0/s1. The molecule has 1 atom stereocenters. The number of nitrogens with zero attached hydrogens (tertiary/aromatic N) is 1. The summed E-state index contributed by atoms with van der Waals surface area (Å²) >= 11 is 0. The van der Waals surface area contributed by atoms with E-state index in [2.05, 4.69) is 20.4 Å². The van der Waals surface area contributed by atoms with Crippen molar-refractivity contribution in [2.75, 3.05) is 6.54 Å². The van der Waals surface area contributed by atoms with Crippen LogP contribution in [0.15, 0.2) is 24.4 Å². The molecule has 0 unspecified atom stereocenters. The second kappa shape index (κ2) is 6.34. The van der Waals surface area contributed by atoms with Gasteiger partial charge in [-0.15, -0.1) is 0 Å². The van der Waals surface area contributed by atoms with Crippen molar-refractivity contribution in [3.63, 3.8) is 0 Å². The molecule has 2 heterocycles. The maximum absolute atomic E-state index is 13.8. The third kappa shape index (κ3) is 3.24. The van der Waals surface area contributed by atoms with Crippen LogP contribution in [0.5, 0.6) is 5.75 Å². The molecule has 2 N–H and O–H groups in total. The van der Waals surface area contributed by atoms with Crippen molar-refractivity contribution >= 4 is 22.7 Å². The van der Waals surface area contributed by atoms with Gasteiger partial charge in [-0.3, -0.25) is 14.6 Å². The van der Waals surface area contributed by atoms with Gasteiger partial charge in [0.05, 0.1) is 11.1 Å². The summed E-state index contributed by atoms with van der Waals surface area (Å²) in [6.07, 6.45) is 1.70. The third-order valence-corrected chi connectivity index (χ3v) is 3.57. The predicted octanol–water partition coefficient (Wildman–Crippen LogP) is 1.59. The van der Waals surface area contributed by atoms with Gasteiger partial charge in [-0.2, -0.15) is 8.78 Å². The quantitative estimate of drug-likeness (QED) is 0.887. The van der Waals surface area contributed by atoms with Gasteiger partial charge in [0.1, 0.15) is 6.04 Å². The number of nitrogens with one attached hydrogen (secondary N) is 2. The summed E-state index contributed by atoms with van der Waals surface area (Å²) in [5, 5.41) is 5.39. The van der Waals surface area contributed by atoms with Crippen LogP contribution in [0.25, 0.3) is 10.9 Å². The fourth-order valence-corrected chi connectivity index (χ4v) is 2.41. The Bertz CT molecular complexity index is 813. The Morgan fingerprint density at radius 2 is 2.17 bits per heavy atom. The largest absolute Gasteiger partial charge is 0.432 e. The maximum atomic E-state index is 13.8. The van der Waals surface area contributed by atoms with Crippen molar-refractivity contribution in [2.24, 2.45) is 0 Å². The van der Waals surface area contributed by atoms with Gasteiger partial charge in [0, 0.05) is 24.2 Å². The summed E-state index contributed by atoms with van der Waals surface area (Å²) < 4.78 is 42.2. The lowest BCUT2D eigenvalue weighted by Crippen LogP contribution is -2.40. The molecule has 0 spiro atoms. The average Bonchev–Trinajstić information content (AvgIpc) is 2.92. The molecule has 0 bridgehead atoms. The number of amides is 2. The number of ether oxygens (including phenoxy) is 1. The lowest BCUT2D eigenvalue weighted by molar-refractivity contribution is -0.120. The highest BCUT2D eigenvalue weighted by Crippen LogP contribution is 2.25. The van der Waals surface area contributed by atoms with Crippen molar-refractivity contribution in [1.29, 1.82) is 0 Å². The van der Waals surface area contributed by atoms with Gasteiger partial charge in [0.15, 0.2) is 11.6 Å². The number of benzene rings is 1. The van der Waals surface area contributed by atoms with Gasteiger partial charge in [-0.05, 0) is 18.6 Å². The van der Waals surface area contributed by atoms with Crippen LogP contribution in [-0.4, -0.2) is 36.0 Å². The molecular formula is C15H12F3N3O3. The van der Waals surface area contributed by atoms with Crippen LogP contribution in [0.3, 0.4) is 0 Å². The predicted molar refractivity (Wildman–Crippen MR) is 77.2 cm³/mol. The van der Waals surface area contributed by atoms with Crippen LogP contribution in [0.2, 0.25) is 0 Å². The minimum absolute atomic E-state index is 0.129. The van der Waals surface area contributed by atoms with Gasteiger partial charge < -0.3 is 15.4 Å². The zero-order valence-corrected chi connectivity index (χ0v) is 12.2.